The van der Waals surface area contributed by atoms with Crippen molar-refractivity contribution in [3.63, 3.8) is 0 Å². The van der Waals surface area contributed by atoms with Gasteiger partial charge < -0.3 is 0 Å². The van der Waals surface area contributed by atoms with E-state index in [-0.39, 0.29) is 16.7 Å². The largest absolute Gasteiger partial charge is 0.296 e. The number of nitrogens with zero attached hydrogens (tertiary/aromatic N) is 3. The molecular weight excluding hydrogens is 176 g/mol. The molecule has 0 spiro atoms. The van der Waals surface area contributed by atoms with Crippen LogP contribution in [0.25, 0.3) is 0 Å². The molecule has 0 fully saturated rings. The molecule has 1 amide bonds. The Bertz CT molecular complexity index is 379. The van der Waals surface area contributed by atoms with E-state index in [1.54, 1.807) is 6.92 Å². The molecular formula is C6H4N4OS. The highest BCUT2D eigenvalue weighted by Crippen LogP contribution is 2.04. The number of hydrogen-bond donors (Lipinski definition) is 1. The van der Waals surface area contributed by atoms with Gasteiger partial charge in [0.05, 0.1) is 5.71 Å². The topological polar surface area (TPSA) is 66.2 Å². The fourth-order valence-corrected chi connectivity index (χ4v) is 1.15. The third-order valence-electron chi connectivity index (χ3n) is 1.52. The maximum absolute atomic E-state index is 11.1. The van der Waals surface area contributed by atoms with Gasteiger partial charge in [-0.3, -0.25) is 10.1 Å². The minimum absolute atomic E-state index is 0.172. The van der Waals surface area contributed by atoms with Gasteiger partial charge in [-0.05, 0) is 19.1 Å². The summed E-state index contributed by atoms with van der Waals surface area (Å²) in [7, 11) is 0. The van der Waals surface area contributed by atoms with Crippen molar-refractivity contribution >= 4 is 40.4 Å². The highest BCUT2D eigenvalue weighted by molar-refractivity contribution is 7.80. The SMILES string of the molecule is CC1=NN=C2C(=O)NC(=S)N=C12. The fraction of sp³-hybridized carbons (Fsp3) is 0.167. The predicted octanol–water partition coefficient (Wildman–Crippen LogP) is -0.327. The summed E-state index contributed by atoms with van der Waals surface area (Å²) in [6.45, 7) is 1.73. The van der Waals surface area contributed by atoms with E-state index in [9.17, 15) is 4.79 Å². The molecule has 5 nitrogen and oxygen atoms in total. The first-order valence-corrected chi connectivity index (χ1v) is 3.66. The standard InChI is InChI=1S/C6H4N4OS/c1-2-3-4(10-9-2)5(11)8-6(12)7-3/h1H3,(H,8,11,12). The zero-order chi connectivity index (χ0) is 8.72. The van der Waals surface area contributed by atoms with E-state index in [1.165, 1.54) is 0 Å². The van der Waals surface area contributed by atoms with Gasteiger partial charge >= 0.3 is 0 Å². The number of aliphatic imine (C=N–C) groups is 1. The van der Waals surface area contributed by atoms with Gasteiger partial charge in [-0.2, -0.15) is 5.10 Å². The summed E-state index contributed by atoms with van der Waals surface area (Å²) in [6, 6.07) is 0. The van der Waals surface area contributed by atoms with E-state index in [1.807, 2.05) is 0 Å². The molecule has 0 aromatic rings. The van der Waals surface area contributed by atoms with E-state index in [0.29, 0.717) is 11.4 Å². The lowest BCUT2D eigenvalue weighted by molar-refractivity contribution is -0.113. The summed E-state index contributed by atoms with van der Waals surface area (Å²) >= 11 is 4.73. The number of hydrogen-bond acceptors (Lipinski definition) is 4. The fourth-order valence-electron chi connectivity index (χ4n) is 0.964. The molecule has 0 radical (unpaired) electrons. The summed E-state index contributed by atoms with van der Waals surface area (Å²) in [4.78, 5) is 15.1. The first-order chi connectivity index (χ1) is 5.68. The number of fused-ring (bicyclic) bond motifs is 1. The zero-order valence-corrected chi connectivity index (χ0v) is 6.97. The molecule has 0 aliphatic carbocycles. The molecule has 0 aromatic carbocycles. The second-order valence-corrected chi connectivity index (χ2v) is 2.74. The summed E-state index contributed by atoms with van der Waals surface area (Å²) in [5.74, 6) is -0.328. The van der Waals surface area contributed by atoms with Crippen LogP contribution in [0.15, 0.2) is 15.2 Å². The number of carbonyl (C=O) groups is 1. The summed E-state index contributed by atoms with van der Waals surface area (Å²) in [6.07, 6.45) is 0. The molecule has 0 saturated heterocycles. The zero-order valence-electron chi connectivity index (χ0n) is 6.16. The van der Waals surface area contributed by atoms with E-state index >= 15 is 0 Å². The molecule has 2 heterocycles. The summed E-state index contributed by atoms with van der Waals surface area (Å²) < 4.78 is 0. The molecule has 1 N–H and O–H groups in total. The molecule has 60 valence electrons. The number of amides is 1. The average molecular weight is 180 g/mol. The van der Waals surface area contributed by atoms with Gasteiger partial charge in [-0.15, -0.1) is 5.10 Å². The van der Waals surface area contributed by atoms with Crippen LogP contribution in [0.1, 0.15) is 6.92 Å². The summed E-state index contributed by atoms with van der Waals surface area (Å²) in [5, 5.41) is 9.92. The van der Waals surface area contributed by atoms with Gasteiger partial charge in [0.1, 0.15) is 5.71 Å². The van der Waals surface area contributed by atoms with E-state index < -0.39 is 0 Å². The Labute approximate surface area is 73.3 Å². The molecule has 0 bridgehead atoms. The van der Waals surface area contributed by atoms with Crippen molar-refractivity contribution in [1.29, 1.82) is 0 Å². The first-order valence-electron chi connectivity index (χ1n) is 3.25. The molecule has 0 saturated carbocycles. The predicted molar refractivity (Wildman–Crippen MR) is 48.7 cm³/mol. The molecule has 0 unspecified atom stereocenters. The van der Waals surface area contributed by atoms with Gasteiger partial charge in [-0.25, -0.2) is 4.99 Å². The maximum atomic E-state index is 11.1. The van der Waals surface area contributed by atoms with Gasteiger partial charge in [0.2, 0.25) is 0 Å². The van der Waals surface area contributed by atoms with Crippen LogP contribution >= 0.6 is 12.2 Å². The van der Waals surface area contributed by atoms with Gasteiger partial charge in [0.25, 0.3) is 5.91 Å². The Kier molecular flexibility index (Phi) is 1.37. The lowest BCUT2D eigenvalue weighted by Gasteiger charge is -2.09. The van der Waals surface area contributed by atoms with Crippen LogP contribution in [-0.2, 0) is 4.79 Å². The Balaban J connectivity index is 2.53. The number of nitrogens with one attached hydrogen (secondary N) is 1. The maximum Gasteiger partial charge on any atom is 0.280 e. The highest BCUT2D eigenvalue weighted by Gasteiger charge is 2.29. The monoisotopic (exact) mass is 180 g/mol. The quantitative estimate of drug-likeness (QED) is 0.519. The third-order valence-corrected chi connectivity index (χ3v) is 1.71. The highest BCUT2D eigenvalue weighted by atomic mass is 32.1. The molecule has 2 rings (SSSR count). The molecule has 6 heteroatoms. The first kappa shape index (κ1) is 7.23. The molecule has 12 heavy (non-hydrogen) atoms. The number of carbonyl (C=O) groups excluding carboxylic acids is 1. The van der Waals surface area contributed by atoms with Crippen molar-refractivity contribution in [2.24, 2.45) is 15.2 Å². The van der Waals surface area contributed by atoms with Crippen molar-refractivity contribution in [3.05, 3.63) is 0 Å². The Morgan fingerprint density at radius 1 is 1.33 bits per heavy atom. The van der Waals surface area contributed by atoms with E-state index in [2.05, 4.69) is 20.5 Å². The normalized spacial score (nSPS) is 20.9. The van der Waals surface area contributed by atoms with Gasteiger partial charge in [0, 0.05) is 0 Å². The Morgan fingerprint density at radius 2 is 2.08 bits per heavy atom. The van der Waals surface area contributed by atoms with Crippen LogP contribution in [-0.4, -0.2) is 28.2 Å². The van der Waals surface area contributed by atoms with Gasteiger partial charge in [-0.1, -0.05) is 0 Å². The smallest absolute Gasteiger partial charge is 0.280 e. The van der Waals surface area contributed by atoms with Crippen LogP contribution in [0.4, 0.5) is 0 Å². The van der Waals surface area contributed by atoms with Crippen LogP contribution in [0.5, 0.6) is 0 Å². The lowest BCUT2D eigenvalue weighted by Crippen LogP contribution is -2.44. The second kappa shape index (κ2) is 2.28. The van der Waals surface area contributed by atoms with Crippen LogP contribution < -0.4 is 5.32 Å². The average Bonchev–Trinajstić information content (AvgIpc) is 2.33. The van der Waals surface area contributed by atoms with E-state index in [4.69, 9.17) is 12.2 Å². The Morgan fingerprint density at radius 3 is 2.83 bits per heavy atom. The third kappa shape index (κ3) is 0.884. The second-order valence-electron chi connectivity index (χ2n) is 2.35. The number of rotatable bonds is 0. The van der Waals surface area contributed by atoms with Crippen molar-refractivity contribution in [3.8, 4) is 0 Å². The van der Waals surface area contributed by atoms with E-state index in [0.717, 1.165) is 0 Å². The van der Waals surface area contributed by atoms with Crippen LogP contribution in [0.3, 0.4) is 0 Å². The molecule has 2 aliphatic heterocycles. The lowest BCUT2D eigenvalue weighted by atomic mass is 10.1. The van der Waals surface area contributed by atoms with Crippen molar-refractivity contribution in [2.45, 2.75) is 6.92 Å². The summed E-state index contributed by atoms with van der Waals surface area (Å²) in [5.41, 5.74) is 1.37. The van der Waals surface area contributed by atoms with Crippen LogP contribution in [0.2, 0.25) is 0 Å². The molecule has 0 aromatic heterocycles. The van der Waals surface area contributed by atoms with Crippen molar-refractivity contribution in [2.75, 3.05) is 0 Å². The van der Waals surface area contributed by atoms with Crippen molar-refractivity contribution in [1.82, 2.24) is 5.32 Å². The van der Waals surface area contributed by atoms with Crippen LogP contribution in [0, 0.1) is 0 Å². The van der Waals surface area contributed by atoms with Crippen molar-refractivity contribution < 1.29 is 4.79 Å². The molecule has 0 atom stereocenters. The minimum atomic E-state index is -0.328. The molecule has 2 aliphatic rings. The Hall–Kier alpha value is -1.43. The minimum Gasteiger partial charge on any atom is -0.296 e. The number of thiocarbonyl (C=S) groups is 1. The van der Waals surface area contributed by atoms with Gasteiger partial charge in [0.15, 0.2) is 10.8 Å².